The number of rotatable bonds is 4. The van der Waals surface area contributed by atoms with Crippen LogP contribution in [0.2, 0.25) is 0 Å². The van der Waals surface area contributed by atoms with Crippen LogP contribution in [0.4, 0.5) is 10.2 Å². The zero-order valence-corrected chi connectivity index (χ0v) is 11.3. The number of piperidine rings is 1. The van der Waals surface area contributed by atoms with Crippen molar-refractivity contribution in [2.24, 2.45) is 0 Å². The first-order chi connectivity index (χ1) is 9.40. The summed E-state index contributed by atoms with van der Waals surface area (Å²) in [7, 11) is -4.03. The Bertz CT molecular complexity index is 590. The van der Waals surface area contributed by atoms with Gasteiger partial charge in [-0.25, -0.2) is 9.37 Å². The van der Waals surface area contributed by atoms with E-state index in [1.165, 1.54) is 6.07 Å². The fraction of sp³-hybridized carbons (Fsp3) is 0.455. The summed E-state index contributed by atoms with van der Waals surface area (Å²) >= 11 is 0. The predicted molar refractivity (Wildman–Crippen MR) is 68.7 cm³/mol. The van der Waals surface area contributed by atoms with Gasteiger partial charge in [0.1, 0.15) is 17.7 Å². The average molecular weight is 303 g/mol. The minimum absolute atomic E-state index is 0.0545. The van der Waals surface area contributed by atoms with Crippen molar-refractivity contribution in [3.8, 4) is 0 Å². The Morgan fingerprint density at radius 3 is 2.80 bits per heavy atom. The number of halogens is 1. The van der Waals surface area contributed by atoms with Gasteiger partial charge in [-0.15, -0.1) is 0 Å². The third-order valence-electron chi connectivity index (χ3n) is 3.01. The predicted octanol–water partition coefficient (Wildman–Crippen LogP) is 0.816. The molecule has 110 valence electrons. The van der Waals surface area contributed by atoms with Gasteiger partial charge in [0.15, 0.2) is 0 Å². The molecular formula is C11H14FN3O4S. The summed E-state index contributed by atoms with van der Waals surface area (Å²) in [5, 5.41) is 9.08. The Labute approximate surface area is 115 Å². The van der Waals surface area contributed by atoms with Crippen LogP contribution in [0.25, 0.3) is 0 Å². The molecule has 0 bridgehead atoms. The Kier molecular flexibility index (Phi) is 4.19. The van der Waals surface area contributed by atoms with E-state index in [1.807, 2.05) is 0 Å². The topological polar surface area (TPSA) is 99.6 Å². The molecule has 2 rings (SSSR count). The molecule has 0 spiro atoms. The number of aliphatic carboxylic acids is 1. The quantitative estimate of drug-likeness (QED) is 0.857. The third kappa shape index (κ3) is 3.23. The lowest BCUT2D eigenvalue weighted by molar-refractivity contribution is -0.142. The van der Waals surface area contributed by atoms with Crippen molar-refractivity contribution in [3.63, 3.8) is 0 Å². The van der Waals surface area contributed by atoms with Crippen molar-refractivity contribution in [1.82, 2.24) is 9.29 Å². The van der Waals surface area contributed by atoms with Crippen molar-refractivity contribution in [3.05, 3.63) is 24.1 Å². The number of carboxylic acids is 1. The maximum absolute atomic E-state index is 12.7. The minimum atomic E-state index is -4.03. The van der Waals surface area contributed by atoms with Crippen LogP contribution in [0.3, 0.4) is 0 Å². The molecule has 1 aromatic rings. The van der Waals surface area contributed by atoms with E-state index >= 15 is 0 Å². The van der Waals surface area contributed by atoms with Crippen LogP contribution in [0.15, 0.2) is 18.3 Å². The van der Waals surface area contributed by atoms with Gasteiger partial charge in [0.25, 0.3) is 0 Å². The molecule has 1 aliphatic rings. The largest absolute Gasteiger partial charge is 0.480 e. The first-order valence-electron chi connectivity index (χ1n) is 6.04. The molecule has 0 radical (unpaired) electrons. The Hall–Kier alpha value is -1.74. The molecule has 9 heteroatoms. The Balaban J connectivity index is 2.20. The van der Waals surface area contributed by atoms with Gasteiger partial charge in [0, 0.05) is 6.54 Å². The SMILES string of the molecule is O=C(O)C1CCCCN1S(=O)(=O)Nc1ccc(F)cn1. The van der Waals surface area contributed by atoms with Crippen LogP contribution in [0.5, 0.6) is 0 Å². The number of nitrogens with one attached hydrogen (secondary N) is 1. The number of pyridine rings is 1. The van der Waals surface area contributed by atoms with E-state index in [4.69, 9.17) is 5.11 Å². The summed E-state index contributed by atoms with van der Waals surface area (Å²) in [6, 6.07) is 1.16. The lowest BCUT2D eigenvalue weighted by atomic mass is 10.1. The molecule has 20 heavy (non-hydrogen) atoms. The number of hydrogen-bond donors (Lipinski definition) is 2. The second-order valence-electron chi connectivity index (χ2n) is 4.43. The molecule has 0 aromatic carbocycles. The molecule has 7 nitrogen and oxygen atoms in total. The number of aromatic nitrogens is 1. The molecule has 0 saturated carbocycles. The highest BCUT2D eigenvalue weighted by Gasteiger charge is 2.36. The van der Waals surface area contributed by atoms with E-state index in [1.54, 1.807) is 0 Å². The number of nitrogens with zero attached hydrogens (tertiary/aromatic N) is 2. The number of anilines is 1. The summed E-state index contributed by atoms with van der Waals surface area (Å²) < 4.78 is 40.1. The zero-order valence-electron chi connectivity index (χ0n) is 10.5. The van der Waals surface area contributed by atoms with Crippen LogP contribution >= 0.6 is 0 Å². The van der Waals surface area contributed by atoms with Crippen LogP contribution in [-0.4, -0.2) is 41.4 Å². The normalized spacial score (nSPS) is 20.6. The van der Waals surface area contributed by atoms with Gasteiger partial charge in [-0.3, -0.25) is 9.52 Å². The molecule has 2 N–H and O–H groups in total. The highest BCUT2D eigenvalue weighted by molar-refractivity contribution is 7.90. The van der Waals surface area contributed by atoms with Gasteiger partial charge in [-0.2, -0.15) is 12.7 Å². The van der Waals surface area contributed by atoms with Crippen LogP contribution < -0.4 is 4.72 Å². The third-order valence-corrected chi connectivity index (χ3v) is 4.53. The summed E-state index contributed by atoms with van der Waals surface area (Å²) in [5.74, 6) is -1.82. The van der Waals surface area contributed by atoms with E-state index < -0.39 is 28.0 Å². The summed E-state index contributed by atoms with van der Waals surface area (Å²) in [5.41, 5.74) is 0. The number of carbonyl (C=O) groups is 1. The molecule has 1 saturated heterocycles. The first kappa shape index (κ1) is 14.7. The maximum Gasteiger partial charge on any atom is 0.322 e. The summed E-state index contributed by atoms with van der Waals surface area (Å²) in [6.07, 6.45) is 2.41. The van der Waals surface area contributed by atoms with Crippen LogP contribution in [-0.2, 0) is 15.0 Å². The smallest absolute Gasteiger partial charge is 0.322 e. The summed E-state index contributed by atoms with van der Waals surface area (Å²) in [4.78, 5) is 14.7. The van der Waals surface area contributed by atoms with Crippen molar-refractivity contribution in [2.75, 3.05) is 11.3 Å². The van der Waals surface area contributed by atoms with E-state index in [0.717, 1.165) is 16.6 Å². The highest BCUT2D eigenvalue weighted by atomic mass is 32.2. The lowest BCUT2D eigenvalue weighted by Crippen LogP contribution is -2.50. The molecule has 2 heterocycles. The second kappa shape index (κ2) is 5.71. The van der Waals surface area contributed by atoms with Gasteiger partial charge in [-0.05, 0) is 31.4 Å². The van der Waals surface area contributed by atoms with E-state index in [-0.39, 0.29) is 18.8 Å². The van der Waals surface area contributed by atoms with Crippen molar-refractivity contribution in [2.45, 2.75) is 25.3 Å². The monoisotopic (exact) mass is 303 g/mol. The Morgan fingerprint density at radius 2 is 2.20 bits per heavy atom. The molecular weight excluding hydrogens is 289 g/mol. The van der Waals surface area contributed by atoms with Gasteiger partial charge in [0.05, 0.1) is 6.20 Å². The van der Waals surface area contributed by atoms with Crippen LogP contribution in [0, 0.1) is 5.82 Å². The molecule has 1 unspecified atom stereocenters. The highest BCUT2D eigenvalue weighted by Crippen LogP contribution is 2.21. The van der Waals surface area contributed by atoms with Crippen molar-refractivity contribution < 1.29 is 22.7 Å². The fourth-order valence-electron chi connectivity index (χ4n) is 2.07. The molecule has 1 fully saturated rings. The number of hydrogen-bond acceptors (Lipinski definition) is 4. The second-order valence-corrected chi connectivity index (χ2v) is 6.05. The maximum atomic E-state index is 12.7. The van der Waals surface area contributed by atoms with Crippen molar-refractivity contribution in [1.29, 1.82) is 0 Å². The van der Waals surface area contributed by atoms with Gasteiger partial charge >= 0.3 is 16.2 Å². The van der Waals surface area contributed by atoms with E-state index in [9.17, 15) is 17.6 Å². The van der Waals surface area contributed by atoms with Crippen LogP contribution in [0.1, 0.15) is 19.3 Å². The zero-order chi connectivity index (χ0) is 14.8. The first-order valence-corrected chi connectivity index (χ1v) is 7.48. The standard InChI is InChI=1S/C11H14FN3O4S/c12-8-4-5-10(13-7-8)14-20(18,19)15-6-2-1-3-9(15)11(16)17/h4-5,7,9H,1-3,6H2,(H,13,14)(H,16,17). The molecule has 1 aromatic heterocycles. The van der Waals surface area contributed by atoms with E-state index in [0.29, 0.717) is 12.8 Å². The van der Waals surface area contributed by atoms with E-state index in [2.05, 4.69) is 9.71 Å². The van der Waals surface area contributed by atoms with Gasteiger partial charge in [0.2, 0.25) is 0 Å². The van der Waals surface area contributed by atoms with Gasteiger partial charge < -0.3 is 5.11 Å². The molecule has 1 atom stereocenters. The molecule has 1 aliphatic heterocycles. The lowest BCUT2D eigenvalue weighted by Gasteiger charge is -2.31. The molecule has 0 amide bonds. The summed E-state index contributed by atoms with van der Waals surface area (Å²) in [6.45, 7) is 0.132. The Morgan fingerprint density at radius 1 is 1.45 bits per heavy atom. The fourth-order valence-corrected chi connectivity index (χ4v) is 3.47. The minimum Gasteiger partial charge on any atom is -0.480 e. The average Bonchev–Trinajstić information content (AvgIpc) is 2.41. The van der Waals surface area contributed by atoms with Crippen molar-refractivity contribution >= 4 is 22.0 Å². The van der Waals surface area contributed by atoms with Gasteiger partial charge in [-0.1, -0.05) is 0 Å². The molecule has 0 aliphatic carbocycles. The number of carboxylic acid groups (broad SMARTS) is 1.